The third-order valence-corrected chi connectivity index (χ3v) is 8.27. The van der Waals surface area contributed by atoms with Gasteiger partial charge in [-0.2, -0.15) is 0 Å². The minimum atomic E-state index is -0.501. The molecule has 0 bridgehead atoms. The van der Waals surface area contributed by atoms with Crippen molar-refractivity contribution < 1.29 is 28.7 Å². The average molecular weight is 662 g/mol. The molecule has 1 aromatic carbocycles. The zero-order valence-electron chi connectivity index (χ0n) is 24.5. The number of morpholine rings is 1. The Kier molecular flexibility index (Phi) is 9.79. The molecule has 43 heavy (non-hydrogen) atoms. The number of nitro groups is 1. The number of carbonyl (C=O) groups excluding carboxylic acids is 2. The van der Waals surface area contributed by atoms with Crippen LogP contribution < -0.4 is 10.6 Å². The van der Waals surface area contributed by atoms with Crippen molar-refractivity contribution in [2.24, 2.45) is 0 Å². The van der Waals surface area contributed by atoms with Crippen LogP contribution in [-0.4, -0.2) is 108 Å². The van der Waals surface area contributed by atoms with Crippen LogP contribution in [-0.2, 0) is 14.2 Å². The Morgan fingerprint density at radius 3 is 2.49 bits per heavy atom. The van der Waals surface area contributed by atoms with Crippen LogP contribution in [0.25, 0.3) is 0 Å². The number of rotatable bonds is 8. The molecule has 3 aliphatic rings. The molecule has 0 spiro atoms. The van der Waals surface area contributed by atoms with Gasteiger partial charge in [0, 0.05) is 68.8 Å². The largest absolute Gasteiger partial charge is 0.387 e. The van der Waals surface area contributed by atoms with E-state index in [9.17, 15) is 19.7 Å². The molecule has 1 aromatic heterocycles. The van der Waals surface area contributed by atoms with Crippen LogP contribution in [0.1, 0.15) is 47.4 Å². The molecule has 232 valence electrons. The quantitative estimate of drug-likeness (QED) is 0.318. The van der Waals surface area contributed by atoms with Gasteiger partial charge in [-0.1, -0.05) is 15.9 Å². The molecule has 4 heterocycles. The normalized spacial score (nSPS) is 25.8. The molecule has 3 aliphatic heterocycles. The summed E-state index contributed by atoms with van der Waals surface area (Å²) in [6, 6.07) is 4.27. The number of carbonyl (C=O) groups is 2. The molecule has 3 saturated heterocycles. The van der Waals surface area contributed by atoms with Crippen molar-refractivity contribution in [2.75, 3.05) is 57.1 Å². The van der Waals surface area contributed by atoms with E-state index in [1.54, 1.807) is 35.2 Å². The predicted molar refractivity (Wildman–Crippen MR) is 163 cm³/mol. The molecule has 2 amide bonds. The number of halogens is 1. The summed E-state index contributed by atoms with van der Waals surface area (Å²) in [4.78, 5) is 46.8. The van der Waals surface area contributed by atoms with E-state index in [2.05, 4.69) is 31.5 Å². The lowest BCUT2D eigenvalue weighted by Crippen LogP contribution is -2.52. The second-order valence-corrected chi connectivity index (χ2v) is 12.2. The Labute approximate surface area is 258 Å². The second-order valence-electron chi connectivity index (χ2n) is 11.3. The van der Waals surface area contributed by atoms with Gasteiger partial charge in [0.2, 0.25) is 0 Å². The van der Waals surface area contributed by atoms with Crippen molar-refractivity contribution in [1.29, 1.82) is 0 Å². The monoisotopic (exact) mass is 660 g/mol. The van der Waals surface area contributed by atoms with Crippen molar-refractivity contribution in [2.45, 2.75) is 57.1 Å². The molecular weight excluding hydrogens is 624 g/mol. The van der Waals surface area contributed by atoms with Crippen LogP contribution >= 0.6 is 15.9 Å². The smallest absolute Gasteiger partial charge is 0.294 e. The topological polar surface area (TPSA) is 148 Å². The first kappa shape index (κ1) is 31.1. The summed E-state index contributed by atoms with van der Waals surface area (Å²) in [5.74, 6) is -0.561. The fraction of sp³-hybridized carbons (Fsp3) is 0.552. The van der Waals surface area contributed by atoms with E-state index in [0.29, 0.717) is 55.0 Å². The number of ether oxygens (including phenoxy) is 3. The zero-order chi connectivity index (χ0) is 30.7. The minimum absolute atomic E-state index is 0.0977. The Hall–Kier alpha value is -3.33. The van der Waals surface area contributed by atoms with E-state index in [4.69, 9.17) is 14.2 Å². The van der Waals surface area contributed by atoms with E-state index in [0.717, 1.165) is 6.42 Å². The number of hydrogen-bond donors (Lipinski definition) is 2. The molecule has 5 rings (SSSR count). The highest BCUT2D eigenvalue weighted by Crippen LogP contribution is 2.36. The number of benzene rings is 1. The molecule has 3 fully saturated rings. The highest BCUT2D eigenvalue weighted by atomic mass is 79.9. The number of piperidine rings is 1. The van der Waals surface area contributed by atoms with Gasteiger partial charge in [-0.15, -0.1) is 0 Å². The van der Waals surface area contributed by atoms with Crippen LogP contribution in [0.4, 0.5) is 17.1 Å². The third-order valence-electron chi connectivity index (χ3n) is 7.81. The van der Waals surface area contributed by atoms with Gasteiger partial charge in [-0.3, -0.25) is 24.7 Å². The maximum Gasteiger partial charge on any atom is 0.294 e. The summed E-state index contributed by atoms with van der Waals surface area (Å²) in [6.07, 6.45) is 3.59. The Bertz CT molecular complexity index is 1350. The summed E-state index contributed by atoms with van der Waals surface area (Å²) < 4.78 is 18.1. The van der Waals surface area contributed by atoms with Gasteiger partial charge in [0.05, 0.1) is 52.8 Å². The summed E-state index contributed by atoms with van der Waals surface area (Å²) >= 11 is 3.36. The fourth-order valence-corrected chi connectivity index (χ4v) is 6.41. The van der Waals surface area contributed by atoms with E-state index < -0.39 is 11.0 Å². The first-order valence-corrected chi connectivity index (χ1v) is 15.2. The summed E-state index contributed by atoms with van der Waals surface area (Å²) in [5, 5.41) is 18.6. The number of amides is 2. The maximum absolute atomic E-state index is 13.9. The van der Waals surface area contributed by atoms with Gasteiger partial charge in [-0.25, -0.2) is 0 Å². The van der Waals surface area contributed by atoms with Crippen molar-refractivity contribution in [3.8, 4) is 0 Å². The van der Waals surface area contributed by atoms with Gasteiger partial charge in [0.25, 0.3) is 17.5 Å². The average Bonchev–Trinajstić information content (AvgIpc) is 3.49. The van der Waals surface area contributed by atoms with Crippen LogP contribution in [0, 0.1) is 10.1 Å². The van der Waals surface area contributed by atoms with Gasteiger partial charge in [-0.05, 0) is 38.8 Å². The summed E-state index contributed by atoms with van der Waals surface area (Å²) in [6.45, 7) is 6.20. The molecule has 2 aromatic rings. The van der Waals surface area contributed by atoms with E-state index in [-0.39, 0.29) is 59.7 Å². The lowest BCUT2D eigenvalue weighted by atomic mass is 9.99. The predicted octanol–water partition coefficient (Wildman–Crippen LogP) is 3.54. The number of pyridine rings is 1. The van der Waals surface area contributed by atoms with E-state index in [1.807, 2.05) is 13.8 Å². The van der Waals surface area contributed by atoms with Crippen LogP contribution in [0.2, 0.25) is 0 Å². The molecule has 13 nitrogen and oxygen atoms in total. The van der Waals surface area contributed by atoms with Crippen LogP contribution in [0.3, 0.4) is 0 Å². The number of nitrogens with zero attached hydrogens (tertiary/aromatic N) is 4. The standard InChI is InChI=1S/C29H37BrN6O7/c1-17-12-34(13-18(2)42-17)29(38)25-7-20(30)8-26(36(39)40)27(25)33-22-9-24(43-23-4-5-41-16-23)15-35(14-22)28(37)19-6-21(31-3)11-32-10-19/h6-8,10-11,17-18,22-24,31,33H,4-5,9,12-16H2,1-3H3/t17-,18+,22-,23+,24-/m1/s1. The molecule has 0 unspecified atom stereocenters. The van der Waals surface area contributed by atoms with Gasteiger partial charge < -0.3 is 34.6 Å². The lowest BCUT2D eigenvalue weighted by molar-refractivity contribution is -0.384. The number of nitro benzene ring substituents is 1. The number of anilines is 2. The van der Waals surface area contributed by atoms with Gasteiger partial charge >= 0.3 is 0 Å². The number of aromatic nitrogens is 1. The Morgan fingerprint density at radius 2 is 1.81 bits per heavy atom. The lowest BCUT2D eigenvalue weighted by Gasteiger charge is -2.39. The van der Waals surface area contributed by atoms with E-state index >= 15 is 0 Å². The van der Waals surface area contributed by atoms with E-state index in [1.165, 1.54) is 12.3 Å². The maximum atomic E-state index is 13.9. The highest BCUT2D eigenvalue weighted by Gasteiger charge is 2.37. The molecule has 5 atom stereocenters. The first-order chi connectivity index (χ1) is 20.6. The van der Waals surface area contributed by atoms with Crippen LogP contribution in [0.15, 0.2) is 35.1 Å². The molecule has 0 aliphatic carbocycles. The molecule has 0 radical (unpaired) electrons. The van der Waals surface area contributed by atoms with Crippen molar-refractivity contribution in [3.63, 3.8) is 0 Å². The fourth-order valence-electron chi connectivity index (χ4n) is 5.97. The number of nitrogens with one attached hydrogen (secondary N) is 2. The number of likely N-dealkylation sites (tertiary alicyclic amines) is 1. The van der Waals surface area contributed by atoms with Gasteiger partial charge in [0.15, 0.2) is 0 Å². The summed E-state index contributed by atoms with van der Waals surface area (Å²) in [5.41, 5.74) is 1.18. The number of hydrogen-bond acceptors (Lipinski definition) is 10. The Morgan fingerprint density at radius 1 is 1.07 bits per heavy atom. The second kappa shape index (κ2) is 13.5. The SMILES string of the molecule is CNc1cncc(C(=O)N2C[C@H](Nc3c(C(=O)N4C[C@@H](C)O[C@@H](C)C4)cc(Br)cc3[N+](=O)[O-])C[C@@H](O[C@H]3CCOC3)C2)c1. The Balaban J connectivity index is 1.46. The molecule has 14 heteroatoms. The van der Waals surface area contributed by atoms with Gasteiger partial charge in [0.1, 0.15) is 5.69 Å². The third kappa shape index (κ3) is 7.43. The van der Waals surface area contributed by atoms with Crippen molar-refractivity contribution in [1.82, 2.24) is 14.8 Å². The highest BCUT2D eigenvalue weighted by molar-refractivity contribution is 9.10. The van der Waals surface area contributed by atoms with Crippen molar-refractivity contribution in [3.05, 3.63) is 56.3 Å². The zero-order valence-corrected chi connectivity index (χ0v) is 26.0. The minimum Gasteiger partial charge on any atom is -0.387 e. The summed E-state index contributed by atoms with van der Waals surface area (Å²) in [7, 11) is 1.75. The molecule has 2 N–H and O–H groups in total. The molecule has 0 saturated carbocycles. The van der Waals surface area contributed by atoms with Crippen molar-refractivity contribution >= 4 is 44.8 Å². The van der Waals surface area contributed by atoms with Crippen LogP contribution in [0.5, 0.6) is 0 Å². The first-order valence-electron chi connectivity index (χ1n) is 14.5. The molecular formula is C29H37BrN6O7.